The molecule has 2 aliphatic rings. The van der Waals surface area contributed by atoms with Crippen LogP contribution in [0.1, 0.15) is 57.6 Å². The molecule has 0 aromatic carbocycles. The van der Waals surface area contributed by atoms with Crippen LogP contribution in [0.3, 0.4) is 0 Å². The van der Waals surface area contributed by atoms with Crippen molar-refractivity contribution >= 4 is 6.03 Å². The van der Waals surface area contributed by atoms with Gasteiger partial charge in [-0.15, -0.1) is 0 Å². The molecule has 2 amide bonds. The lowest BCUT2D eigenvalue weighted by Gasteiger charge is -2.54. The van der Waals surface area contributed by atoms with E-state index in [4.69, 9.17) is 4.74 Å². The van der Waals surface area contributed by atoms with Crippen LogP contribution >= 0.6 is 0 Å². The zero-order chi connectivity index (χ0) is 17.2. The summed E-state index contributed by atoms with van der Waals surface area (Å²) in [6.45, 7) is 4.84. The molecule has 0 aliphatic heterocycles. The van der Waals surface area contributed by atoms with Crippen LogP contribution in [0.5, 0.6) is 0 Å². The lowest BCUT2D eigenvalue weighted by Crippen LogP contribution is -2.64. The summed E-state index contributed by atoms with van der Waals surface area (Å²) in [5.41, 5.74) is 1.22. The number of aromatic nitrogens is 1. The van der Waals surface area contributed by atoms with Gasteiger partial charge in [0.05, 0.1) is 12.1 Å². The van der Waals surface area contributed by atoms with Gasteiger partial charge in [0.25, 0.3) is 0 Å². The first kappa shape index (κ1) is 17.2. The Bertz CT molecular complexity index is 557. The normalized spacial score (nSPS) is 26.0. The maximum absolute atomic E-state index is 12.7. The molecule has 2 aliphatic carbocycles. The molecule has 0 saturated heterocycles. The smallest absolute Gasteiger partial charge is 0.317 e. The number of ether oxygens (including phenoxy) is 1. The topological polar surface area (TPSA) is 54.5 Å². The molecule has 0 unspecified atom stereocenters. The van der Waals surface area contributed by atoms with E-state index in [-0.39, 0.29) is 23.5 Å². The Labute approximate surface area is 144 Å². The Kier molecular flexibility index (Phi) is 5.09. The second-order valence-corrected chi connectivity index (χ2v) is 7.20. The Morgan fingerprint density at radius 2 is 2.25 bits per heavy atom. The molecule has 5 nitrogen and oxygen atoms in total. The van der Waals surface area contributed by atoms with Gasteiger partial charge in [0.15, 0.2) is 0 Å². The molecule has 0 bridgehead atoms. The van der Waals surface area contributed by atoms with E-state index in [0.29, 0.717) is 6.10 Å². The summed E-state index contributed by atoms with van der Waals surface area (Å²) in [5, 5.41) is 3.27. The monoisotopic (exact) mass is 331 g/mol. The van der Waals surface area contributed by atoms with Crippen LogP contribution in [0.2, 0.25) is 0 Å². The third kappa shape index (κ3) is 3.02. The van der Waals surface area contributed by atoms with Gasteiger partial charge in [0.2, 0.25) is 0 Å². The summed E-state index contributed by atoms with van der Waals surface area (Å²) in [4.78, 5) is 18.6. The number of pyridine rings is 1. The second-order valence-electron chi connectivity index (χ2n) is 7.20. The molecule has 0 radical (unpaired) electrons. The lowest BCUT2D eigenvalue weighted by atomic mass is 9.60. The SMILES string of the molecule is CCO[C@@H]1C[C@H](NC(=O)N(C)[C@H](C)c2cccnc2)C12CCCC2. The van der Waals surface area contributed by atoms with E-state index in [1.54, 1.807) is 11.1 Å². The number of rotatable bonds is 5. The number of nitrogens with zero attached hydrogens (tertiary/aromatic N) is 2. The molecule has 5 heteroatoms. The number of carbonyl (C=O) groups is 1. The standard InChI is InChI=1S/C19H29N3O2/c1-4-24-17-12-16(19(17)9-5-6-10-19)21-18(23)22(3)14(2)15-8-7-11-20-13-15/h7-8,11,13-14,16-17H,4-6,9-10,12H2,1-3H3,(H,21,23)/t14-,16+,17-/m1/s1. The zero-order valence-electron chi connectivity index (χ0n) is 15.0. The Morgan fingerprint density at radius 3 is 2.88 bits per heavy atom. The van der Waals surface area contributed by atoms with E-state index in [2.05, 4.69) is 17.2 Å². The fraction of sp³-hybridized carbons (Fsp3) is 0.684. The van der Waals surface area contributed by atoms with Crippen molar-refractivity contribution in [2.24, 2.45) is 5.41 Å². The molecular formula is C19H29N3O2. The minimum atomic E-state index is -0.00224. The summed E-state index contributed by atoms with van der Waals surface area (Å²) in [6.07, 6.45) is 9.67. The predicted octanol–water partition coefficient (Wildman–Crippen LogP) is 3.52. The quantitative estimate of drug-likeness (QED) is 0.898. The predicted molar refractivity (Wildman–Crippen MR) is 93.7 cm³/mol. The highest BCUT2D eigenvalue weighted by atomic mass is 16.5. The van der Waals surface area contributed by atoms with Gasteiger partial charge in [0, 0.05) is 37.5 Å². The molecule has 3 rings (SSSR count). The van der Waals surface area contributed by atoms with Crippen molar-refractivity contribution < 1.29 is 9.53 Å². The largest absolute Gasteiger partial charge is 0.378 e. The maximum Gasteiger partial charge on any atom is 0.317 e. The first-order valence-corrected chi connectivity index (χ1v) is 9.13. The average molecular weight is 331 g/mol. The van der Waals surface area contributed by atoms with Crippen LogP contribution in [-0.2, 0) is 4.74 Å². The molecule has 1 aromatic rings. The summed E-state index contributed by atoms with van der Waals surface area (Å²) >= 11 is 0. The van der Waals surface area contributed by atoms with Crippen LogP contribution in [0.4, 0.5) is 4.79 Å². The van der Waals surface area contributed by atoms with E-state index in [0.717, 1.165) is 18.6 Å². The van der Waals surface area contributed by atoms with Crippen LogP contribution in [0, 0.1) is 5.41 Å². The van der Waals surface area contributed by atoms with Crippen LogP contribution in [-0.4, -0.2) is 41.7 Å². The number of nitrogens with one attached hydrogen (secondary N) is 1. The van der Waals surface area contributed by atoms with Gasteiger partial charge in [-0.25, -0.2) is 4.79 Å². The molecule has 132 valence electrons. The number of urea groups is 1. The van der Waals surface area contributed by atoms with Gasteiger partial charge in [-0.05, 0) is 44.7 Å². The van der Waals surface area contributed by atoms with Gasteiger partial charge in [-0.2, -0.15) is 0 Å². The van der Waals surface area contributed by atoms with Crippen molar-refractivity contribution in [3.63, 3.8) is 0 Å². The molecule has 2 saturated carbocycles. The molecule has 1 spiro atoms. The van der Waals surface area contributed by atoms with Gasteiger partial charge >= 0.3 is 6.03 Å². The highest BCUT2D eigenvalue weighted by Gasteiger charge is 2.57. The highest BCUT2D eigenvalue weighted by Crippen LogP contribution is 2.54. The summed E-state index contributed by atoms with van der Waals surface area (Å²) < 4.78 is 5.93. The fourth-order valence-electron chi connectivity index (χ4n) is 4.36. The van der Waals surface area contributed by atoms with Crippen LogP contribution in [0.25, 0.3) is 0 Å². The molecule has 3 atom stereocenters. The fourth-order valence-corrected chi connectivity index (χ4v) is 4.36. The lowest BCUT2D eigenvalue weighted by molar-refractivity contribution is -0.127. The first-order chi connectivity index (χ1) is 11.6. The van der Waals surface area contributed by atoms with Crippen molar-refractivity contribution in [3.8, 4) is 0 Å². The van der Waals surface area contributed by atoms with Crippen LogP contribution in [0.15, 0.2) is 24.5 Å². The Morgan fingerprint density at radius 1 is 1.50 bits per heavy atom. The first-order valence-electron chi connectivity index (χ1n) is 9.13. The zero-order valence-corrected chi connectivity index (χ0v) is 15.0. The minimum Gasteiger partial charge on any atom is -0.378 e. The number of amides is 2. The van der Waals surface area contributed by atoms with Crippen molar-refractivity contribution in [1.82, 2.24) is 15.2 Å². The van der Waals surface area contributed by atoms with Crippen molar-refractivity contribution in [2.75, 3.05) is 13.7 Å². The second kappa shape index (κ2) is 7.09. The van der Waals surface area contributed by atoms with E-state index in [1.807, 2.05) is 32.3 Å². The van der Waals surface area contributed by atoms with Crippen molar-refractivity contribution in [3.05, 3.63) is 30.1 Å². The van der Waals surface area contributed by atoms with Gasteiger partial charge < -0.3 is 15.0 Å². The minimum absolute atomic E-state index is 0.000920. The third-order valence-electron chi connectivity index (χ3n) is 6.05. The molecule has 1 N–H and O–H groups in total. The summed E-state index contributed by atoms with van der Waals surface area (Å²) in [6, 6.07) is 4.16. The maximum atomic E-state index is 12.7. The Hall–Kier alpha value is -1.62. The van der Waals surface area contributed by atoms with Gasteiger partial charge in [-0.1, -0.05) is 18.9 Å². The highest BCUT2D eigenvalue weighted by molar-refractivity contribution is 5.75. The molecule has 24 heavy (non-hydrogen) atoms. The van der Waals surface area contributed by atoms with Crippen LogP contribution < -0.4 is 5.32 Å². The molecule has 1 heterocycles. The van der Waals surface area contributed by atoms with E-state index in [1.165, 1.54) is 25.7 Å². The van der Waals surface area contributed by atoms with Gasteiger partial charge in [0.1, 0.15) is 0 Å². The summed E-state index contributed by atoms with van der Waals surface area (Å²) in [7, 11) is 1.85. The van der Waals surface area contributed by atoms with E-state index < -0.39 is 0 Å². The van der Waals surface area contributed by atoms with Crippen molar-refractivity contribution in [2.45, 2.75) is 64.1 Å². The molecule has 1 aromatic heterocycles. The molecule has 2 fully saturated rings. The molecular weight excluding hydrogens is 302 g/mol. The summed E-state index contributed by atoms with van der Waals surface area (Å²) in [5.74, 6) is 0. The van der Waals surface area contributed by atoms with Gasteiger partial charge in [-0.3, -0.25) is 4.98 Å². The van der Waals surface area contributed by atoms with E-state index in [9.17, 15) is 4.79 Å². The average Bonchev–Trinajstić information content (AvgIpc) is 3.13. The number of hydrogen-bond acceptors (Lipinski definition) is 3. The third-order valence-corrected chi connectivity index (χ3v) is 6.05. The van der Waals surface area contributed by atoms with Crippen molar-refractivity contribution in [1.29, 1.82) is 0 Å². The van der Waals surface area contributed by atoms with E-state index >= 15 is 0 Å². The number of carbonyl (C=O) groups excluding carboxylic acids is 1. The Balaban J connectivity index is 1.62. The number of hydrogen-bond donors (Lipinski definition) is 1.